The zero-order valence-corrected chi connectivity index (χ0v) is 16.2. The standard InChI is InChI=1S/C22H31N3O/c1-4-24(5-2)21-14-12-20(13-15-21)23-17-16-22(26)25(6-3)18-19-10-8-7-9-11-19/h7-15,23H,4-6,16-18H2,1-3H3. The lowest BCUT2D eigenvalue weighted by Crippen LogP contribution is -2.31. The topological polar surface area (TPSA) is 35.6 Å². The van der Waals surface area contributed by atoms with Gasteiger partial charge in [0.1, 0.15) is 0 Å². The van der Waals surface area contributed by atoms with E-state index in [1.165, 1.54) is 11.3 Å². The number of nitrogens with one attached hydrogen (secondary N) is 1. The van der Waals surface area contributed by atoms with Crippen LogP contribution in [0.3, 0.4) is 0 Å². The molecule has 2 aromatic rings. The summed E-state index contributed by atoms with van der Waals surface area (Å²) >= 11 is 0. The predicted octanol–water partition coefficient (Wildman–Crippen LogP) is 4.38. The summed E-state index contributed by atoms with van der Waals surface area (Å²) in [5, 5.41) is 3.35. The SMILES string of the molecule is CCN(Cc1ccccc1)C(=O)CCNc1ccc(N(CC)CC)cc1. The third-order valence-corrected chi connectivity index (χ3v) is 4.61. The van der Waals surface area contributed by atoms with Gasteiger partial charge in [-0.3, -0.25) is 4.79 Å². The van der Waals surface area contributed by atoms with Gasteiger partial charge in [-0.15, -0.1) is 0 Å². The van der Waals surface area contributed by atoms with Crippen LogP contribution >= 0.6 is 0 Å². The van der Waals surface area contributed by atoms with Crippen LogP contribution in [0.1, 0.15) is 32.8 Å². The van der Waals surface area contributed by atoms with Crippen LogP contribution < -0.4 is 10.2 Å². The van der Waals surface area contributed by atoms with Gasteiger partial charge in [0, 0.05) is 50.5 Å². The third kappa shape index (κ3) is 5.80. The summed E-state index contributed by atoms with van der Waals surface area (Å²) in [7, 11) is 0. The van der Waals surface area contributed by atoms with E-state index in [1.54, 1.807) is 0 Å². The lowest BCUT2D eigenvalue weighted by Gasteiger charge is -2.22. The van der Waals surface area contributed by atoms with Crippen LogP contribution in [-0.2, 0) is 11.3 Å². The van der Waals surface area contributed by atoms with Crippen molar-refractivity contribution in [2.45, 2.75) is 33.7 Å². The molecule has 4 heteroatoms. The van der Waals surface area contributed by atoms with Crippen LogP contribution in [0.5, 0.6) is 0 Å². The molecule has 2 aromatic carbocycles. The van der Waals surface area contributed by atoms with Crippen molar-refractivity contribution < 1.29 is 4.79 Å². The molecule has 0 atom stereocenters. The van der Waals surface area contributed by atoms with E-state index in [-0.39, 0.29) is 5.91 Å². The van der Waals surface area contributed by atoms with Gasteiger partial charge in [0.05, 0.1) is 0 Å². The predicted molar refractivity (Wildman–Crippen MR) is 111 cm³/mol. The number of amides is 1. The smallest absolute Gasteiger partial charge is 0.224 e. The molecular weight excluding hydrogens is 322 g/mol. The molecule has 0 bridgehead atoms. The quantitative estimate of drug-likeness (QED) is 0.688. The maximum Gasteiger partial charge on any atom is 0.224 e. The molecule has 1 N–H and O–H groups in total. The Kier molecular flexibility index (Phi) is 8.00. The first-order valence-electron chi connectivity index (χ1n) is 9.58. The highest BCUT2D eigenvalue weighted by Gasteiger charge is 2.11. The lowest BCUT2D eigenvalue weighted by atomic mass is 10.2. The van der Waals surface area contributed by atoms with Crippen molar-refractivity contribution in [1.82, 2.24) is 4.90 Å². The fourth-order valence-electron chi connectivity index (χ4n) is 3.03. The van der Waals surface area contributed by atoms with Gasteiger partial charge in [-0.1, -0.05) is 30.3 Å². The Balaban J connectivity index is 1.81. The number of hydrogen-bond donors (Lipinski definition) is 1. The Morgan fingerprint density at radius 1 is 0.885 bits per heavy atom. The molecule has 0 heterocycles. The van der Waals surface area contributed by atoms with Crippen molar-refractivity contribution in [3.8, 4) is 0 Å². The highest BCUT2D eigenvalue weighted by atomic mass is 16.2. The van der Waals surface area contributed by atoms with Gasteiger partial charge in [-0.25, -0.2) is 0 Å². The van der Waals surface area contributed by atoms with Crippen molar-refractivity contribution >= 4 is 17.3 Å². The van der Waals surface area contributed by atoms with E-state index < -0.39 is 0 Å². The summed E-state index contributed by atoms with van der Waals surface area (Å²) in [6.07, 6.45) is 0.498. The first-order valence-corrected chi connectivity index (χ1v) is 9.58. The molecule has 0 aliphatic heterocycles. The first-order chi connectivity index (χ1) is 12.7. The molecule has 140 valence electrons. The Bertz CT molecular complexity index is 651. The Labute approximate surface area is 157 Å². The van der Waals surface area contributed by atoms with Crippen molar-refractivity contribution in [3.05, 3.63) is 60.2 Å². The third-order valence-electron chi connectivity index (χ3n) is 4.61. The largest absolute Gasteiger partial charge is 0.385 e. The summed E-state index contributed by atoms with van der Waals surface area (Å²) in [4.78, 5) is 16.7. The Hall–Kier alpha value is -2.49. The van der Waals surface area contributed by atoms with Crippen LogP contribution in [0.15, 0.2) is 54.6 Å². The number of anilines is 2. The molecular formula is C22H31N3O. The van der Waals surface area contributed by atoms with Crippen LogP contribution in [0.2, 0.25) is 0 Å². The van der Waals surface area contributed by atoms with Gasteiger partial charge in [0.15, 0.2) is 0 Å². The van der Waals surface area contributed by atoms with Crippen LogP contribution in [0.4, 0.5) is 11.4 Å². The van der Waals surface area contributed by atoms with Gasteiger partial charge in [-0.05, 0) is 50.6 Å². The average molecular weight is 354 g/mol. The lowest BCUT2D eigenvalue weighted by molar-refractivity contribution is -0.131. The van der Waals surface area contributed by atoms with Crippen LogP contribution in [0.25, 0.3) is 0 Å². The first kappa shape index (κ1) is 19.8. The second-order valence-electron chi connectivity index (χ2n) is 6.29. The fraction of sp³-hybridized carbons (Fsp3) is 0.409. The molecule has 0 radical (unpaired) electrons. The average Bonchev–Trinajstić information content (AvgIpc) is 2.69. The molecule has 0 aliphatic rings. The fourth-order valence-corrected chi connectivity index (χ4v) is 3.03. The monoisotopic (exact) mass is 353 g/mol. The van der Waals surface area contributed by atoms with Gasteiger partial charge in [0.2, 0.25) is 5.91 Å². The minimum absolute atomic E-state index is 0.184. The van der Waals surface area contributed by atoms with Gasteiger partial charge >= 0.3 is 0 Å². The molecule has 0 fully saturated rings. The highest BCUT2D eigenvalue weighted by Crippen LogP contribution is 2.17. The number of rotatable bonds is 10. The summed E-state index contributed by atoms with van der Waals surface area (Å²) in [6.45, 7) is 10.4. The van der Waals surface area contributed by atoms with Crippen molar-refractivity contribution in [2.24, 2.45) is 0 Å². The van der Waals surface area contributed by atoms with E-state index in [9.17, 15) is 4.79 Å². The second kappa shape index (κ2) is 10.5. The number of hydrogen-bond acceptors (Lipinski definition) is 3. The Morgan fingerprint density at radius 2 is 1.54 bits per heavy atom. The van der Waals surface area contributed by atoms with E-state index in [2.05, 4.69) is 60.5 Å². The van der Waals surface area contributed by atoms with E-state index in [0.717, 1.165) is 25.3 Å². The molecule has 0 spiro atoms. The molecule has 0 aliphatic carbocycles. The number of nitrogens with zero attached hydrogens (tertiary/aromatic N) is 2. The summed E-state index contributed by atoms with van der Waals surface area (Å²) < 4.78 is 0. The molecule has 1 amide bonds. The second-order valence-corrected chi connectivity index (χ2v) is 6.29. The maximum absolute atomic E-state index is 12.5. The molecule has 0 unspecified atom stereocenters. The summed E-state index contributed by atoms with van der Waals surface area (Å²) in [5.41, 5.74) is 3.46. The van der Waals surface area contributed by atoms with E-state index >= 15 is 0 Å². The van der Waals surface area contributed by atoms with E-state index in [0.29, 0.717) is 19.5 Å². The Morgan fingerprint density at radius 3 is 2.12 bits per heavy atom. The van der Waals surface area contributed by atoms with E-state index in [1.807, 2.05) is 30.0 Å². The van der Waals surface area contributed by atoms with Crippen LogP contribution in [0, 0.1) is 0 Å². The molecule has 4 nitrogen and oxygen atoms in total. The number of carbonyl (C=O) groups is 1. The zero-order valence-electron chi connectivity index (χ0n) is 16.2. The normalized spacial score (nSPS) is 10.4. The van der Waals surface area contributed by atoms with Crippen molar-refractivity contribution in [3.63, 3.8) is 0 Å². The molecule has 0 saturated heterocycles. The highest BCUT2D eigenvalue weighted by molar-refractivity contribution is 5.76. The van der Waals surface area contributed by atoms with Crippen molar-refractivity contribution in [2.75, 3.05) is 36.4 Å². The van der Waals surface area contributed by atoms with Gasteiger partial charge in [0.25, 0.3) is 0 Å². The minimum Gasteiger partial charge on any atom is -0.385 e. The summed E-state index contributed by atoms with van der Waals surface area (Å²) in [5.74, 6) is 0.184. The van der Waals surface area contributed by atoms with Gasteiger partial charge in [-0.2, -0.15) is 0 Å². The molecule has 26 heavy (non-hydrogen) atoms. The summed E-state index contributed by atoms with van der Waals surface area (Å²) in [6, 6.07) is 18.6. The van der Waals surface area contributed by atoms with Crippen LogP contribution in [-0.4, -0.2) is 37.0 Å². The number of benzene rings is 2. The maximum atomic E-state index is 12.5. The van der Waals surface area contributed by atoms with E-state index in [4.69, 9.17) is 0 Å². The molecule has 0 aromatic heterocycles. The zero-order chi connectivity index (χ0) is 18.8. The number of carbonyl (C=O) groups excluding carboxylic acids is 1. The van der Waals surface area contributed by atoms with Gasteiger partial charge < -0.3 is 15.1 Å². The molecule has 2 rings (SSSR count). The molecule has 0 saturated carbocycles. The minimum atomic E-state index is 0.184. The van der Waals surface area contributed by atoms with Crippen molar-refractivity contribution in [1.29, 1.82) is 0 Å².